The third-order valence-electron chi connectivity index (χ3n) is 10.6. The number of amides is 4. The van der Waals surface area contributed by atoms with E-state index < -0.39 is 56.0 Å². The predicted molar refractivity (Wildman–Crippen MR) is 189 cm³/mol. The highest BCUT2D eigenvalue weighted by Gasteiger charge is 2.60. The molecule has 4 amide bonds. The summed E-state index contributed by atoms with van der Waals surface area (Å²) in [5.74, 6) is -3.77. The van der Waals surface area contributed by atoms with Crippen molar-refractivity contribution in [2.75, 3.05) is 39.3 Å². The fraction of sp³-hybridized carbons (Fsp3) is 0.686. The first kappa shape index (κ1) is 38.8. The van der Waals surface area contributed by atoms with Crippen molar-refractivity contribution in [1.29, 1.82) is 0 Å². The molecule has 12 nitrogen and oxygen atoms in total. The van der Waals surface area contributed by atoms with Gasteiger partial charge in [0.1, 0.15) is 6.61 Å². The SMILES string of the molecule is C=C=CC(=O)C(=O)N1C(=O)[C@H]([C@@H](C)O[Si](C)(C)C(C)(C)C)[C@H]1[C@H]1CCC[C@H](S[C@@H]2CN[C@H](C(=O)N3CCN(C(=O)OCC=C)CC3)C2)C1=O. The molecule has 0 spiro atoms. The van der Waals surface area contributed by atoms with Gasteiger partial charge >= 0.3 is 12.0 Å². The summed E-state index contributed by atoms with van der Waals surface area (Å²) < 4.78 is 11.7. The van der Waals surface area contributed by atoms with Crippen molar-refractivity contribution < 1.29 is 37.9 Å². The van der Waals surface area contributed by atoms with Crippen LogP contribution in [-0.4, -0.2) is 126 Å². The minimum absolute atomic E-state index is 0.0195. The smallest absolute Gasteiger partial charge is 0.410 e. The minimum Gasteiger partial charge on any atom is -0.445 e. The molecule has 4 fully saturated rings. The largest absolute Gasteiger partial charge is 0.445 e. The number of hydrogen-bond acceptors (Lipinski definition) is 10. The number of rotatable bonds is 11. The minimum atomic E-state index is -2.30. The lowest BCUT2D eigenvalue weighted by Crippen LogP contribution is -2.71. The van der Waals surface area contributed by atoms with Gasteiger partial charge in [-0.05, 0) is 44.3 Å². The Morgan fingerprint density at radius 1 is 1.10 bits per heavy atom. The Bertz CT molecular complexity index is 1380. The van der Waals surface area contributed by atoms with Gasteiger partial charge in [0.2, 0.25) is 11.8 Å². The molecule has 0 aromatic rings. The Hall–Kier alpha value is -3.03. The van der Waals surface area contributed by atoms with Crippen LogP contribution in [0.25, 0.3) is 0 Å². The van der Waals surface area contributed by atoms with Crippen LogP contribution in [0.5, 0.6) is 0 Å². The van der Waals surface area contributed by atoms with E-state index in [4.69, 9.17) is 9.16 Å². The van der Waals surface area contributed by atoms with Gasteiger partial charge in [-0.25, -0.2) is 4.79 Å². The number of hydrogen-bond donors (Lipinski definition) is 1. The van der Waals surface area contributed by atoms with Crippen molar-refractivity contribution in [2.24, 2.45) is 11.8 Å². The van der Waals surface area contributed by atoms with Crippen LogP contribution in [0.2, 0.25) is 18.1 Å². The number of carbonyl (C=O) groups is 6. The summed E-state index contributed by atoms with van der Waals surface area (Å²) in [6.07, 6.45) is 3.93. The number of piperazine rings is 1. The Kier molecular flexibility index (Phi) is 12.6. The van der Waals surface area contributed by atoms with Crippen LogP contribution in [0.1, 0.15) is 53.4 Å². The lowest BCUT2D eigenvalue weighted by Gasteiger charge is -2.53. The van der Waals surface area contributed by atoms with E-state index in [1.165, 1.54) is 6.08 Å². The molecule has 0 radical (unpaired) electrons. The van der Waals surface area contributed by atoms with Crippen molar-refractivity contribution >= 4 is 55.5 Å². The van der Waals surface area contributed by atoms with Crippen LogP contribution in [-0.2, 0) is 33.1 Å². The zero-order valence-electron chi connectivity index (χ0n) is 29.7. The monoisotopic (exact) mass is 716 g/mol. The number of ketones is 2. The Labute approximate surface area is 295 Å². The van der Waals surface area contributed by atoms with Crippen LogP contribution < -0.4 is 5.32 Å². The zero-order valence-corrected chi connectivity index (χ0v) is 31.5. The molecule has 0 bridgehead atoms. The summed E-state index contributed by atoms with van der Waals surface area (Å²) in [5.41, 5.74) is 2.31. The molecule has 4 rings (SSSR count). The fourth-order valence-electron chi connectivity index (χ4n) is 6.96. The second-order valence-corrected chi connectivity index (χ2v) is 21.2. The van der Waals surface area contributed by atoms with E-state index in [1.807, 2.05) is 6.92 Å². The first-order valence-corrected chi connectivity index (χ1v) is 21.1. The average Bonchev–Trinajstić information content (AvgIpc) is 3.51. The van der Waals surface area contributed by atoms with Crippen LogP contribution in [0.15, 0.2) is 31.0 Å². The van der Waals surface area contributed by atoms with Gasteiger partial charge in [0.25, 0.3) is 5.78 Å². The van der Waals surface area contributed by atoms with E-state index in [9.17, 15) is 28.8 Å². The molecule has 3 heterocycles. The molecule has 49 heavy (non-hydrogen) atoms. The maximum atomic E-state index is 14.2. The van der Waals surface area contributed by atoms with Gasteiger partial charge in [-0.15, -0.1) is 17.5 Å². The molecule has 0 aromatic carbocycles. The molecule has 3 aliphatic heterocycles. The topological polar surface area (TPSA) is 143 Å². The number of nitrogens with one attached hydrogen (secondary N) is 1. The zero-order chi connectivity index (χ0) is 36.3. The number of nitrogens with zero attached hydrogens (tertiary/aromatic N) is 3. The maximum Gasteiger partial charge on any atom is 0.410 e. The normalized spacial score (nSPS) is 28.3. The number of ether oxygens (including phenoxy) is 1. The van der Waals surface area contributed by atoms with Gasteiger partial charge < -0.3 is 24.3 Å². The third-order valence-corrected chi connectivity index (χ3v) is 16.8. The van der Waals surface area contributed by atoms with Gasteiger partial charge in [-0.2, -0.15) is 0 Å². The first-order valence-electron chi connectivity index (χ1n) is 17.2. The van der Waals surface area contributed by atoms with Crippen molar-refractivity contribution in [3.63, 3.8) is 0 Å². The number of β-lactam (4-membered cyclic amide) rings is 1. The van der Waals surface area contributed by atoms with E-state index in [-0.39, 0.29) is 39.9 Å². The number of Topliss-reactive ketones (excluding diaryl/α,β-unsaturated/α-hetero) is 1. The quantitative estimate of drug-likeness (QED) is 0.0845. The summed E-state index contributed by atoms with van der Waals surface area (Å²) in [6.45, 7) is 21.6. The summed E-state index contributed by atoms with van der Waals surface area (Å²) in [4.78, 5) is 83.4. The van der Waals surface area contributed by atoms with E-state index in [1.54, 1.807) is 21.6 Å². The highest BCUT2D eigenvalue weighted by molar-refractivity contribution is 8.01. The van der Waals surface area contributed by atoms with Gasteiger partial charge in [0, 0.05) is 50.0 Å². The highest BCUT2D eigenvalue weighted by Crippen LogP contribution is 2.45. The molecule has 270 valence electrons. The molecule has 0 unspecified atom stereocenters. The number of carbonyl (C=O) groups excluding carboxylic acids is 6. The molecule has 3 saturated heterocycles. The Balaban J connectivity index is 1.42. The lowest BCUT2D eigenvalue weighted by molar-refractivity contribution is -0.178. The van der Waals surface area contributed by atoms with E-state index in [2.05, 4.69) is 58.1 Å². The van der Waals surface area contributed by atoms with Crippen LogP contribution in [0, 0.1) is 11.8 Å². The Morgan fingerprint density at radius 3 is 2.37 bits per heavy atom. The summed E-state index contributed by atoms with van der Waals surface area (Å²) in [5, 5.41) is 2.87. The van der Waals surface area contributed by atoms with Crippen molar-refractivity contribution in [3.05, 3.63) is 31.0 Å². The van der Waals surface area contributed by atoms with Crippen LogP contribution in [0.4, 0.5) is 4.79 Å². The van der Waals surface area contributed by atoms with E-state index in [0.29, 0.717) is 52.0 Å². The van der Waals surface area contributed by atoms with Crippen molar-refractivity contribution in [1.82, 2.24) is 20.0 Å². The molecule has 4 aliphatic rings. The van der Waals surface area contributed by atoms with Crippen LogP contribution >= 0.6 is 11.8 Å². The lowest BCUT2D eigenvalue weighted by atomic mass is 9.70. The number of thioether (sulfide) groups is 1. The van der Waals surface area contributed by atoms with Crippen LogP contribution in [0.3, 0.4) is 0 Å². The summed E-state index contributed by atoms with van der Waals surface area (Å²) in [6, 6.07) is -1.16. The third kappa shape index (κ3) is 8.48. The maximum absolute atomic E-state index is 14.2. The predicted octanol–water partition coefficient (Wildman–Crippen LogP) is 3.33. The standard InChI is InChI=1S/C35H52N4O8SSi/c1-9-12-26(40)32(43)39-29(28(33(39)44)22(3)47-49(7,8)35(4,5)6)24-13-11-14-27(30(24)41)48-23-20-25(36-21-23)31(42)37-15-17-38(18-16-37)34(45)46-19-10-2/h10,12,22-25,27-29,36H,1-2,11,13-21H2,3-8H3/t22-,23+,24-,25+,27+,28-,29-/m1/s1. The molecule has 7 atom stereocenters. The van der Waals surface area contributed by atoms with Crippen molar-refractivity contribution in [3.8, 4) is 0 Å². The fourth-order valence-corrected chi connectivity index (χ4v) is 9.97. The number of likely N-dealkylation sites (tertiary alicyclic amines) is 1. The van der Waals surface area contributed by atoms with E-state index in [0.717, 1.165) is 17.4 Å². The van der Waals surface area contributed by atoms with Gasteiger partial charge in [0.05, 0.1) is 29.4 Å². The number of imide groups is 1. The molecular weight excluding hydrogens is 665 g/mol. The molecule has 14 heteroatoms. The molecule has 0 aromatic heterocycles. The average molecular weight is 717 g/mol. The molecule has 1 saturated carbocycles. The molecule has 1 N–H and O–H groups in total. The first-order chi connectivity index (χ1) is 23.0. The van der Waals surface area contributed by atoms with Gasteiger partial charge in [-0.1, -0.05) is 46.4 Å². The Morgan fingerprint density at radius 2 is 1.76 bits per heavy atom. The summed E-state index contributed by atoms with van der Waals surface area (Å²) >= 11 is 1.56. The second-order valence-electron chi connectivity index (χ2n) is 14.9. The highest BCUT2D eigenvalue weighted by atomic mass is 32.2. The van der Waals surface area contributed by atoms with Gasteiger partial charge in [0.15, 0.2) is 14.1 Å². The van der Waals surface area contributed by atoms with E-state index >= 15 is 0 Å². The molecule has 1 aliphatic carbocycles. The second kappa shape index (κ2) is 15.9. The molecular formula is C35H52N4O8SSi. The van der Waals surface area contributed by atoms with Crippen molar-refractivity contribution in [2.45, 2.75) is 100 Å². The summed E-state index contributed by atoms with van der Waals surface area (Å²) in [7, 11) is -2.30. The van der Waals surface area contributed by atoms with Gasteiger partial charge in [-0.3, -0.25) is 28.9 Å².